The summed E-state index contributed by atoms with van der Waals surface area (Å²) >= 11 is 0. The topological polar surface area (TPSA) is 55.1 Å². The third-order valence-electron chi connectivity index (χ3n) is 1.64. The van der Waals surface area contributed by atoms with E-state index in [1.54, 1.807) is 6.08 Å². The van der Waals surface area contributed by atoms with Crippen LogP contribution in [0.4, 0.5) is 5.69 Å². The fourth-order valence-corrected chi connectivity index (χ4v) is 0.939. The summed E-state index contributed by atoms with van der Waals surface area (Å²) in [5.41, 5.74) is 6.95. The molecule has 0 bridgehead atoms. The van der Waals surface area contributed by atoms with Gasteiger partial charge in [-0.25, -0.2) is 0 Å². The van der Waals surface area contributed by atoms with E-state index in [9.17, 15) is 4.79 Å². The van der Waals surface area contributed by atoms with Gasteiger partial charge in [-0.15, -0.1) is 0 Å². The van der Waals surface area contributed by atoms with E-state index in [-0.39, 0.29) is 0 Å². The van der Waals surface area contributed by atoms with Crippen LogP contribution < -0.4 is 11.1 Å². The third-order valence-corrected chi connectivity index (χ3v) is 1.64. The Labute approximate surface area is 77.3 Å². The minimum atomic E-state index is -0.433. The fraction of sp³-hybridized carbons (Fsp3) is 0.100. The van der Waals surface area contributed by atoms with E-state index in [4.69, 9.17) is 5.73 Å². The van der Waals surface area contributed by atoms with Crippen molar-refractivity contribution in [2.75, 3.05) is 12.4 Å². The van der Waals surface area contributed by atoms with Crippen molar-refractivity contribution >= 4 is 17.7 Å². The van der Waals surface area contributed by atoms with E-state index in [1.165, 1.54) is 6.08 Å². The Balaban J connectivity index is 2.75. The van der Waals surface area contributed by atoms with Crippen molar-refractivity contribution in [3.05, 3.63) is 35.9 Å². The van der Waals surface area contributed by atoms with Gasteiger partial charge in [0.25, 0.3) is 0 Å². The van der Waals surface area contributed by atoms with Gasteiger partial charge in [0.1, 0.15) is 0 Å². The van der Waals surface area contributed by atoms with Gasteiger partial charge in [0.2, 0.25) is 5.91 Å². The lowest BCUT2D eigenvalue weighted by molar-refractivity contribution is -0.113. The van der Waals surface area contributed by atoms with Crippen molar-refractivity contribution < 1.29 is 4.79 Å². The van der Waals surface area contributed by atoms with Gasteiger partial charge in [-0.3, -0.25) is 4.79 Å². The third kappa shape index (κ3) is 2.99. The Morgan fingerprint density at radius 1 is 1.38 bits per heavy atom. The van der Waals surface area contributed by atoms with E-state index in [0.717, 1.165) is 11.3 Å². The number of nitrogens with two attached hydrogens (primary N) is 1. The number of carbonyl (C=O) groups excluding carboxylic acids is 1. The van der Waals surface area contributed by atoms with E-state index >= 15 is 0 Å². The number of hydrogen-bond donors (Lipinski definition) is 2. The molecule has 1 aromatic carbocycles. The Hall–Kier alpha value is -1.77. The van der Waals surface area contributed by atoms with Crippen molar-refractivity contribution in [2.45, 2.75) is 0 Å². The molecule has 1 aromatic rings. The molecule has 3 nitrogen and oxygen atoms in total. The number of benzene rings is 1. The number of anilines is 1. The van der Waals surface area contributed by atoms with Gasteiger partial charge in [-0.1, -0.05) is 12.1 Å². The molecule has 1 amide bonds. The standard InChI is InChI=1S/C10H12N2O/c1-12-9-5-2-8(3-6-9)4-7-10(11)13/h2-7,12H,1H3,(H2,11,13)/b7-4+. The average molecular weight is 176 g/mol. The second kappa shape index (κ2) is 4.30. The Morgan fingerprint density at radius 2 is 2.00 bits per heavy atom. The summed E-state index contributed by atoms with van der Waals surface area (Å²) < 4.78 is 0. The van der Waals surface area contributed by atoms with Crippen LogP contribution in [0.15, 0.2) is 30.3 Å². The largest absolute Gasteiger partial charge is 0.388 e. The Bertz CT molecular complexity index is 314. The molecular formula is C10H12N2O. The molecular weight excluding hydrogens is 164 g/mol. The van der Waals surface area contributed by atoms with Gasteiger partial charge in [-0.2, -0.15) is 0 Å². The van der Waals surface area contributed by atoms with Gasteiger partial charge < -0.3 is 11.1 Å². The highest BCUT2D eigenvalue weighted by Crippen LogP contribution is 2.09. The Morgan fingerprint density at radius 3 is 2.46 bits per heavy atom. The highest BCUT2D eigenvalue weighted by atomic mass is 16.1. The summed E-state index contributed by atoms with van der Waals surface area (Å²) in [6.45, 7) is 0. The zero-order valence-corrected chi connectivity index (χ0v) is 7.45. The maximum absolute atomic E-state index is 10.4. The lowest BCUT2D eigenvalue weighted by atomic mass is 10.2. The monoisotopic (exact) mass is 176 g/mol. The van der Waals surface area contributed by atoms with Gasteiger partial charge in [-0.05, 0) is 23.8 Å². The highest BCUT2D eigenvalue weighted by molar-refractivity contribution is 5.90. The molecule has 1 rings (SSSR count). The second-order valence-electron chi connectivity index (χ2n) is 2.61. The van der Waals surface area contributed by atoms with Crippen LogP contribution in [0.5, 0.6) is 0 Å². The molecule has 0 aliphatic heterocycles. The van der Waals surface area contributed by atoms with Crippen LogP contribution in [-0.2, 0) is 4.79 Å². The zero-order valence-electron chi connectivity index (χ0n) is 7.45. The van der Waals surface area contributed by atoms with Crippen LogP contribution in [0.1, 0.15) is 5.56 Å². The van der Waals surface area contributed by atoms with E-state index in [0.29, 0.717) is 0 Å². The molecule has 0 fully saturated rings. The predicted molar refractivity (Wildman–Crippen MR) is 54.2 cm³/mol. The van der Waals surface area contributed by atoms with Crippen LogP contribution in [0.3, 0.4) is 0 Å². The van der Waals surface area contributed by atoms with Crippen molar-refractivity contribution in [2.24, 2.45) is 5.73 Å². The van der Waals surface area contributed by atoms with E-state index in [2.05, 4.69) is 5.32 Å². The number of amides is 1. The van der Waals surface area contributed by atoms with E-state index < -0.39 is 5.91 Å². The van der Waals surface area contributed by atoms with Crippen LogP contribution >= 0.6 is 0 Å². The molecule has 0 radical (unpaired) electrons. The first-order valence-electron chi connectivity index (χ1n) is 3.97. The predicted octanol–water partition coefficient (Wildman–Crippen LogP) is 1.23. The van der Waals surface area contributed by atoms with Crippen LogP contribution in [-0.4, -0.2) is 13.0 Å². The zero-order chi connectivity index (χ0) is 9.68. The summed E-state index contributed by atoms with van der Waals surface area (Å²) in [5, 5.41) is 3.00. The molecule has 0 unspecified atom stereocenters. The smallest absolute Gasteiger partial charge is 0.241 e. The number of hydrogen-bond acceptors (Lipinski definition) is 2. The molecule has 0 aromatic heterocycles. The quantitative estimate of drug-likeness (QED) is 0.680. The molecule has 0 aliphatic carbocycles. The van der Waals surface area contributed by atoms with Gasteiger partial charge >= 0.3 is 0 Å². The lowest BCUT2D eigenvalue weighted by Crippen LogP contribution is -2.05. The lowest BCUT2D eigenvalue weighted by Gasteiger charge is -1.98. The van der Waals surface area contributed by atoms with Crippen molar-refractivity contribution in [3.63, 3.8) is 0 Å². The Kier molecular flexibility index (Phi) is 3.09. The van der Waals surface area contributed by atoms with Crippen LogP contribution in [0, 0.1) is 0 Å². The second-order valence-corrected chi connectivity index (χ2v) is 2.61. The van der Waals surface area contributed by atoms with Crippen LogP contribution in [0.2, 0.25) is 0 Å². The summed E-state index contributed by atoms with van der Waals surface area (Å²) in [4.78, 5) is 10.4. The first-order chi connectivity index (χ1) is 6.22. The molecule has 0 spiro atoms. The maximum atomic E-state index is 10.4. The van der Waals surface area contributed by atoms with Crippen molar-refractivity contribution in [1.82, 2.24) is 0 Å². The number of rotatable bonds is 3. The molecule has 0 saturated carbocycles. The maximum Gasteiger partial charge on any atom is 0.241 e. The summed E-state index contributed by atoms with van der Waals surface area (Å²) in [6, 6.07) is 7.68. The molecule has 3 N–H and O–H groups in total. The van der Waals surface area contributed by atoms with Gasteiger partial charge in [0, 0.05) is 18.8 Å². The SMILES string of the molecule is CNc1ccc(/C=C/C(N)=O)cc1. The molecule has 0 saturated heterocycles. The first kappa shape index (κ1) is 9.32. The minimum absolute atomic E-state index is 0.433. The number of carbonyl (C=O) groups is 1. The fourth-order valence-electron chi connectivity index (χ4n) is 0.939. The molecule has 0 atom stereocenters. The minimum Gasteiger partial charge on any atom is -0.388 e. The highest BCUT2D eigenvalue weighted by Gasteiger charge is 1.89. The average Bonchev–Trinajstić information content (AvgIpc) is 2.15. The van der Waals surface area contributed by atoms with Gasteiger partial charge in [0.15, 0.2) is 0 Å². The van der Waals surface area contributed by atoms with Crippen molar-refractivity contribution in [1.29, 1.82) is 0 Å². The van der Waals surface area contributed by atoms with E-state index in [1.807, 2.05) is 31.3 Å². The number of nitrogens with one attached hydrogen (secondary N) is 1. The number of primary amides is 1. The molecule has 0 heterocycles. The first-order valence-corrected chi connectivity index (χ1v) is 3.97. The molecule has 68 valence electrons. The molecule has 3 heteroatoms. The molecule has 0 aliphatic rings. The van der Waals surface area contributed by atoms with Gasteiger partial charge in [0.05, 0.1) is 0 Å². The normalized spacial score (nSPS) is 10.2. The molecule has 13 heavy (non-hydrogen) atoms. The summed E-state index contributed by atoms with van der Waals surface area (Å²) in [7, 11) is 1.86. The van der Waals surface area contributed by atoms with Crippen LogP contribution in [0.25, 0.3) is 6.08 Å². The van der Waals surface area contributed by atoms with Crippen molar-refractivity contribution in [3.8, 4) is 0 Å². The summed E-state index contributed by atoms with van der Waals surface area (Å²) in [5.74, 6) is -0.433. The summed E-state index contributed by atoms with van der Waals surface area (Å²) in [6.07, 6.45) is 3.02.